The van der Waals surface area contributed by atoms with Crippen LogP contribution in [-0.2, 0) is 14.4 Å². The van der Waals surface area contributed by atoms with E-state index in [1.165, 1.54) is 0 Å². The highest BCUT2D eigenvalue weighted by atomic mass is 79.9. The lowest BCUT2D eigenvalue weighted by Gasteiger charge is -2.31. The van der Waals surface area contributed by atoms with E-state index in [1.807, 2.05) is 4.34 Å². The minimum atomic E-state index is -2.77. The Kier molecular flexibility index (Phi) is 4.70. The zero-order valence-electron chi connectivity index (χ0n) is 6.70. The lowest BCUT2D eigenvalue weighted by molar-refractivity contribution is -0.158. The first-order chi connectivity index (χ1) is 6.64. The fourth-order valence-corrected chi connectivity index (χ4v) is 1.98. The van der Waals surface area contributed by atoms with Gasteiger partial charge in [0, 0.05) is 16.1 Å². The number of hydrogen-bond acceptors (Lipinski definition) is 4. The van der Waals surface area contributed by atoms with Crippen molar-refractivity contribution in [3.63, 3.8) is 0 Å². The zero-order chi connectivity index (χ0) is 12.4. The van der Waals surface area contributed by atoms with Crippen LogP contribution in [0.2, 0.25) is 0 Å². The quantitative estimate of drug-likeness (QED) is 0.222. The fourth-order valence-electron chi connectivity index (χ4n) is 0.639. The van der Waals surface area contributed by atoms with Crippen LogP contribution in [0.3, 0.4) is 0 Å². The summed E-state index contributed by atoms with van der Waals surface area (Å²) in [4.78, 5) is 32.4. The second-order valence-corrected chi connectivity index (χ2v) is 5.10. The molecule has 15 heavy (non-hydrogen) atoms. The number of carboxylic acid groups (broad SMARTS) is 3. The molecule has 7 nitrogen and oxygen atoms in total. The van der Waals surface area contributed by atoms with Gasteiger partial charge in [0.2, 0.25) is 4.45 Å². The van der Waals surface area contributed by atoms with Crippen LogP contribution in [-0.4, -0.2) is 42.0 Å². The van der Waals surface area contributed by atoms with Gasteiger partial charge in [-0.3, -0.25) is 0 Å². The van der Waals surface area contributed by atoms with Crippen molar-refractivity contribution in [2.24, 2.45) is 0 Å². The summed E-state index contributed by atoms with van der Waals surface area (Å²) in [5.74, 6) is -5.47. The van der Waals surface area contributed by atoms with Crippen LogP contribution in [0.25, 0.3) is 0 Å². The van der Waals surface area contributed by atoms with Gasteiger partial charge in [0.25, 0.3) is 4.32 Å². The maximum atomic E-state index is 10.8. The molecule has 0 saturated carbocycles. The van der Waals surface area contributed by atoms with Crippen molar-refractivity contribution in [1.82, 2.24) is 4.34 Å². The molecule has 0 bridgehead atoms. The van der Waals surface area contributed by atoms with Crippen LogP contribution in [0.5, 0.6) is 0 Å². The highest BCUT2D eigenvalue weighted by molar-refractivity contribution is 9.14. The second kappa shape index (κ2) is 4.76. The molecule has 0 saturated heterocycles. The molecule has 0 radical (unpaired) electrons. The smallest absolute Gasteiger partial charge is 0.338 e. The van der Waals surface area contributed by atoms with E-state index in [4.69, 9.17) is 15.3 Å². The second-order valence-electron chi connectivity index (χ2n) is 2.33. The third kappa shape index (κ3) is 2.17. The molecule has 0 aromatic heterocycles. The van der Waals surface area contributed by atoms with E-state index in [9.17, 15) is 14.4 Å². The number of rotatable bonds is 5. The van der Waals surface area contributed by atoms with Crippen molar-refractivity contribution in [2.45, 2.75) is 8.77 Å². The maximum Gasteiger partial charge on any atom is 0.338 e. The van der Waals surface area contributed by atoms with Crippen LogP contribution in [0.4, 0.5) is 0 Å². The average Bonchev–Trinajstić information content (AvgIpc) is 2.13. The summed E-state index contributed by atoms with van der Waals surface area (Å²) in [7, 11) is 0. The Hall–Kier alpha value is -0.190. The highest BCUT2D eigenvalue weighted by Gasteiger charge is 2.65. The third-order valence-corrected chi connectivity index (χ3v) is 5.55. The van der Waals surface area contributed by atoms with E-state index in [1.54, 1.807) is 0 Å². The molecule has 0 fully saturated rings. The van der Waals surface area contributed by atoms with Crippen LogP contribution in [0, 0.1) is 0 Å². The van der Waals surface area contributed by atoms with Gasteiger partial charge in [0.15, 0.2) is 0 Å². The van der Waals surface area contributed by atoms with E-state index in [0.29, 0.717) is 0 Å². The van der Waals surface area contributed by atoms with Crippen molar-refractivity contribution in [3.05, 3.63) is 0 Å². The van der Waals surface area contributed by atoms with Gasteiger partial charge >= 0.3 is 17.9 Å². The van der Waals surface area contributed by atoms with Crippen molar-refractivity contribution < 1.29 is 29.7 Å². The Morgan fingerprint density at radius 1 is 0.933 bits per heavy atom. The summed E-state index contributed by atoms with van der Waals surface area (Å²) < 4.78 is -3.31. The zero-order valence-corrected chi connectivity index (χ0v) is 11.5. The molecule has 1 unspecified atom stereocenters. The number of hydrogen-bond donors (Lipinski definition) is 4. The molecular formula is C5H4Br3NO6. The van der Waals surface area contributed by atoms with Gasteiger partial charge in [-0.05, 0) is 0 Å². The Labute approximate surface area is 108 Å². The largest absolute Gasteiger partial charge is 0.480 e. The first-order valence-electron chi connectivity index (χ1n) is 3.10. The van der Waals surface area contributed by atoms with Crippen molar-refractivity contribution in [1.29, 1.82) is 0 Å². The molecule has 0 heterocycles. The first-order valence-corrected chi connectivity index (χ1v) is 5.48. The summed E-state index contributed by atoms with van der Waals surface area (Å²) in [6, 6.07) is 0. The molecular weight excluding hydrogens is 410 g/mol. The average molecular weight is 414 g/mol. The molecule has 0 aliphatic rings. The van der Waals surface area contributed by atoms with E-state index >= 15 is 0 Å². The Morgan fingerprint density at radius 2 is 1.27 bits per heavy atom. The Bertz CT molecular complexity index is 306. The Morgan fingerprint density at radius 3 is 1.33 bits per heavy atom. The molecule has 0 aliphatic heterocycles. The molecule has 0 aliphatic carbocycles. The summed E-state index contributed by atoms with van der Waals surface area (Å²) in [5.41, 5.74) is 0. The van der Waals surface area contributed by atoms with Crippen LogP contribution < -0.4 is 4.34 Å². The van der Waals surface area contributed by atoms with E-state index < -0.39 is 26.7 Å². The minimum absolute atomic E-state index is 1.72. The Balaban J connectivity index is 5.72. The van der Waals surface area contributed by atoms with Gasteiger partial charge in [0.05, 0.1) is 0 Å². The van der Waals surface area contributed by atoms with Crippen molar-refractivity contribution >= 4 is 65.9 Å². The van der Waals surface area contributed by atoms with Crippen LogP contribution in [0.15, 0.2) is 0 Å². The van der Waals surface area contributed by atoms with E-state index in [2.05, 4.69) is 48.0 Å². The van der Waals surface area contributed by atoms with Gasteiger partial charge in [-0.2, -0.15) is 0 Å². The molecule has 10 heteroatoms. The highest BCUT2D eigenvalue weighted by Crippen LogP contribution is 2.38. The summed E-state index contributed by atoms with van der Waals surface area (Å²) in [6.45, 7) is 0. The predicted octanol–water partition coefficient (Wildman–Crippen LogP) is 0.365. The topological polar surface area (TPSA) is 124 Å². The molecule has 4 N–H and O–H groups in total. The van der Waals surface area contributed by atoms with Crippen molar-refractivity contribution in [3.8, 4) is 0 Å². The van der Waals surface area contributed by atoms with Crippen molar-refractivity contribution in [2.75, 3.05) is 0 Å². The summed E-state index contributed by atoms with van der Waals surface area (Å²) in [5, 5.41) is 26.2. The number of carbonyl (C=O) groups is 3. The molecule has 0 aromatic rings. The molecule has 86 valence electrons. The van der Waals surface area contributed by atoms with Gasteiger partial charge in [-0.25, -0.2) is 18.7 Å². The number of nitrogens with one attached hydrogen (secondary N) is 1. The van der Waals surface area contributed by atoms with Crippen LogP contribution >= 0.6 is 48.0 Å². The van der Waals surface area contributed by atoms with Gasteiger partial charge in [-0.15, -0.1) is 0 Å². The van der Waals surface area contributed by atoms with E-state index in [-0.39, 0.29) is 0 Å². The lowest BCUT2D eigenvalue weighted by atomic mass is 10.0. The summed E-state index contributed by atoms with van der Waals surface area (Å²) >= 11 is 7.40. The molecule has 0 amide bonds. The van der Waals surface area contributed by atoms with Gasteiger partial charge < -0.3 is 15.3 Å². The lowest BCUT2D eigenvalue weighted by Crippen LogP contribution is -2.65. The monoisotopic (exact) mass is 411 g/mol. The number of halogens is 3. The number of alkyl halides is 2. The molecule has 1 atom stereocenters. The normalized spacial score (nSPS) is 15.4. The third-order valence-electron chi connectivity index (χ3n) is 1.49. The minimum Gasteiger partial charge on any atom is -0.480 e. The van der Waals surface area contributed by atoms with Gasteiger partial charge in [-0.1, -0.05) is 31.9 Å². The molecule has 0 rings (SSSR count). The van der Waals surface area contributed by atoms with E-state index in [0.717, 1.165) is 0 Å². The standard InChI is InChI=1S/C5H4Br3NO6/c6-4(1(10)11,2(12)13)5(7,9-8)3(14)15/h9H,(H,10,11)(H,12,13)(H,14,15). The SMILES string of the molecule is O=C(O)C(Br)(NBr)C(Br)(C(=O)O)C(=O)O. The predicted molar refractivity (Wildman–Crippen MR) is 58.3 cm³/mol. The summed E-state index contributed by atoms with van der Waals surface area (Å²) in [6.07, 6.45) is 0. The number of carboxylic acids is 3. The first kappa shape index (κ1) is 14.8. The molecule has 0 aromatic carbocycles. The fraction of sp³-hybridized carbons (Fsp3) is 0.400. The molecule has 0 spiro atoms. The number of aliphatic carboxylic acids is 3. The maximum absolute atomic E-state index is 10.8. The van der Waals surface area contributed by atoms with Gasteiger partial charge in [0.1, 0.15) is 0 Å². The van der Waals surface area contributed by atoms with Crippen LogP contribution in [0.1, 0.15) is 0 Å².